The second kappa shape index (κ2) is 12.3. The number of nitrogens with zero attached hydrogens (tertiary/aromatic N) is 4. The first-order chi connectivity index (χ1) is 17.7. The van der Waals surface area contributed by atoms with E-state index in [-0.39, 0.29) is 9.75 Å². The van der Waals surface area contributed by atoms with Crippen LogP contribution in [-0.2, 0) is 13.1 Å². The third-order valence-corrected chi connectivity index (χ3v) is 9.24. The summed E-state index contributed by atoms with van der Waals surface area (Å²) in [6.07, 6.45) is 6.86. The lowest BCUT2D eigenvalue weighted by molar-refractivity contribution is 0.129. The smallest absolute Gasteiger partial charge is 0.301 e. The number of hydrogen-bond donors (Lipinski definition) is 0. The number of benzene rings is 2. The number of rotatable bonds is 12. The molecular weight excluding hydrogens is 488 g/mol. The Morgan fingerprint density at radius 3 is 1.36 bits per heavy atom. The van der Waals surface area contributed by atoms with Crippen LogP contribution in [0, 0.1) is 0 Å². The largest absolute Gasteiger partial charge is 0.308 e. The lowest BCUT2D eigenvalue weighted by atomic mass is 10.2. The van der Waals surface area contributed by atoms with E-state index in [1.54, 1.807) is 0 Å². The van der Waals surface area contributed by atoms with Gasteiger partial charge in [-0.15, -0.1) is 0 Å². The first-order valence-corrected chi connectivity index (χ1v) is 14.9. The minimum absolute atomic E-state index is 0.168. The topological polar surface area (TPSA) is 50.5 Å². The lowest BCUT2D eigenvalue weighted by Crippen LogP contribution is -2.46. The molecule has 8 heteroatoms. The number of thiazole rings is 2. The average Bonchev–Trinajstić information content (AvgIpc) is 3.39. The predicted molar refractivity (Wildman–Crippen MR) is 153 cm³/mol. The first-order valence-electron chi connectivity index (χ1n) is 13.3. The third kappa shape index (κ3) is 6.17. The van der Waals surface area contributed by atoms with E-state index in [4.69, 9.17) is 0 Å². The van der Waals surface area contributed by atoms with Crippen LogP contribution in [0.4, 0.5) is 0 Å². The Labute approximate surface area is 220 Å². The number of piperazine rings is 1. The Bertz CT molecular complexity index is 1270. The van der Waals surface area contributed by atoms with Crippen LogP contribution in [0.25, 0.3) is 20.4 Å². The van der Waals surface area contributed by atoms with Crippen LogP contribution in [0.2, 0.25) is 0 Å². The zero-order valence-electron chi connectivity index (χ0n) is 20.9. The van der Waals surface area contributed by atoms with Crippen molar-refractivity contribution in [2.45, 2.75) is 51.6 Å². The van der Waals surface area contributed by atoms with Crippen molar-refractivity contribution in [1.29, 1.82) is 0 Å². The Balaban J connectivity index is 0.932. The van der Waals surface area contributed by atoms with Crippen molar-refractivity contribution in [3.8, 4) is 0 Å². The van der Waals surface area contributed by atoms with Crippen LogP contribution in [0.5, 0.6) is 0 Å². The van der Waals surface area contributed by atoms with E-state index >= 15 is 0 Å². The second-order valence-electron chi connectivity index (χ2n) is 9.78. The molecule has 4 aromatic rings. The van der Waals surface area contributed by atoms with Crippen LogP contribution in [0.15, 0.2) is 58.1 Å². The van der Waals surface area contributed by atoms with Crippen molar-refractivity contribution in [2.75, 3.05) is 39.3 Å². The summed E-state index contributed by atoms with van der Waals surface area (Å²) < 4.78 is 6.07. The Morgan fingerprint density at radius 1 is 0.528 bits per heavy atom. The molecule has 2 aromatic carbocycles. The fourth-order valence-electron chi connectivity index (χ4n) is 5.25. The second-order valence-corrected chi connectivity index (χ2v) is 11.8. The molecule has 1 aliphatic rings. The molecule has 0 unspecified atom stereocenters. The van der Waals surface area contributed by atoms with E-state index in [0.717, 1.165) is 85.6 Å². The number of unbranched alkanes of at least 4 members (excludes halogenated alkanes) is 4. The van der Waals surface area contributed by atoms with Gasteiger partial charge in [0.2, 0.25) is 0 Å². The summed E-state index contributed by atoms with van der Waals surface area (Å²) in [4.78, 5) is 30.0. The zero-order valence-corrected chi connectivity index (χ0v) is 22.6. The molecule has 192 valence electrons. The zero-order chi connectivity index (χ0) is 24.7. The van der Waals surface area contributed by atoms with Crippen LogP contribution in [0.1, 0.15) is 38.5 Å². The summed E-state index contributed by atoms with van der Waals surface area (Å²) in [6.45, 7) is 8.61. The van der Waals surface area contributed by atoms with E-state index in [2.05, 4.69) is 21.9 Å². The molecule has 3 heterocycles. The van der Waals surface area contributed by atoms with E-state index < -0.39 is 0 Å². The molecule has 1 aliphatic heterocycles. The van der Waals surface area contributed by atoms with Crippen molar-refractivity contribution in [3.05, 3.63) is 67.9 Å². The molecule has 0 aliphatic carbocycles. The lowest BCUT2D eigenvalue weighted by Gasteiger charge is -2.34. The van der Waals surface area contributed by atoms with Crippen LogP contribution < -0.4 is 9.75 Å². The molecule has 6 nitrogen and oxygen atoms in total. The van der Waals surface area contributed by atoms with Gasteiger partial charge in [0.05, 0.1) is 20.4 Å². The monoisotopic (exact) mass is 524 g/mol. The van der Waals surface area contributed by atoms with Crippen LogP contribution >= 0.6 is 22.7 Å². The van der Waals surface area contributed by atoms with Crippen LogP contribution in [0.3, 0.4) is 0 Å². The standard InChI is InChI=1S/C28H36N4O2S2/c33-27-31(23-11-3-5-13-25(23)35-27)17-9-1-7-15-29-19-21-30(22-20-29)16-8-2-10-18-32-24-12-4-6-14-26(24)36-28(32)34/h3-6,11-14H,1-2,7-10,15-22H2. The normalized spacial score (nSPS) is 15.3. The van der Waals surface area contributed by atoms with Gasteiger partial charge in [0.15, 0.2) is 0 Å². The van der Waals surface area contributed by atoms with Gasteiger partial charge in [-0.1, -0.05) is 59.8 Å². The van der Waals surface area contributed by atoms with Crippen molar-refractivity contribution < 1.29 is 0 Å². The number of hydrogen-bond acceptors (Lipinski definition) is 6. The molecule has 0 saturated carbocycles. The molecule has 2 aromatic heterocycles. The minimum Gasteiger partial charge on any atom is -0.301 e. The number of para-hydroxylation sites is 2. The van der Waals surface area contributed by atoms with Crippen molar-refractivity contribution in [1.82, 2.24) is 18.9 Å². The van der Waals surface area contributed by atoms with Gasteiger partial charge in [-0.25, -0.2) is 0 Å². The summed E-state index contributed by atoms with van der Waals surface area (Å²) >= 11 is 2.71. The molecule has 0 amide bonds. The highest BCUT2D eigenvalue weighted by molar-refractivity contribution is 7.16. The molecule has 36 heavy (non-hydrogen) atoms. The highest BCUT2D eigenvalue weighted by Crippen LogP contribution is 2.18. The Hall–Kier alpha value is -2.26. The third-order valence-electron chi connectivity index (χ3n) is 7.32. The average molecular weight is 525 g/mol. The first kappa shape index (κ1) is 25.4. The van der Waals surface area contributed by atoms with E-state index in [1.807, 2.05) is 45.5 Å². The summed E-state index contributed by atoms with van der Waals surface area (Å²) in [6, 6.07) is 16.2. The fraction of sp³-hybridized carbons (Fsp3) is 0.500. The molecule has 0 bridgehead atoms. The molecule has 0 radical (unpaired) electrons. The van der Waals surface area contributed by atoms with Gasteiger partial charge in [0, 0.05) is 39.3 Å². The quantitative estimate of drug-likeness (QED) is 0.242. The maximum Gasteiger partial charge on any atom is 0.308 e. The van der Waals surface area contributed by atoms with E-state index in [1.165, 1.54) is 48.4 Å². The summed E-state index contributed by atoms with van der Waals surface area (Å²) in [5.74, 6) is 0. The molecule has 5 rings (SSSR count). The van der Waals surface area contributed by atoms with Gasteiger partial charge in [-0.05, 0) is 63.0 Å². The SMILES string of the molecule is O=c1sc2ccccc2n1CCCCCN1CCN(CCCCCn2c(=O)sc3ccccc32)CC1. The van der Waals surface area contributed by atoms with Gasteiger partial charge in [0.25, 0.3) is 0 Å². The van der Waals surface area contributed by atoms with Gasteiger partial charge in [-0.3, -0.25) is 18.7 Å². The van der Waals surface area contributed by atoms with Gasteiger partial charge < -0.3 is 9.80 Å². The maximum atomic E-state index is 12.3. The van der Waals surface area contributed by atoms with Gasteiger partial charge in [0.1, 0.15) is 0 Å². The molecule has 0 atom stereocenters. The summed E-state index contributed by atoms with van der Waals surface area (Å²) in [5, 5.41) is 0. The van der Waals surface area contributed by atoms with Crippen molar-refractivity contribution >= 4 is 43.1 Å². The van der Waals surface area contributed by atoms with E-state index in [9.17, 15) is 9.59 Å². The van der Waals surface area contributed by atoms with Crippen molar-refractivity contribution in [2.24, 2.45) is 0 Å². The fourth-order valence-corrected chi connectivity index (χ4v) is 7.09. The Kier molecular flexibility index (Phi) is 8.69. The molecule has 0 N–H and O–H groups in total. The minimum atomic E-state index is 0.168. The van der Waals surface area contributed by atoms with Crippen LogP contribution in [-0.4, -0.2) is 58.2 Å². The molecule has 1 saturated heterocycles. The van der Waals surface area contributed by atoms with Crippen molar-refractivity contribution in [3.63, 3.8) is 0 Å². The summed E-state index contributed by atoms with van der Waals surface area (Å²) in [7, 11) is 0. The van der Waals surface area contributed by atoms with Gasteiger partial charge >= 0.3 is 9.75 Å². The molecular formula is C28H36N4O2S2. The molecule has 1 fully saturated rings. The number of aryl methyl sites for hydroxylation is 2. The number of fused-ring (bicyclic) bond motifs is 2. The van der Waals surface area contributed by atoms with E-state index in [0.29, 0.717) is 0 Å². The molecule has 0 spiro atoms. The van der Waals surface area contributed by atoms with Gasteiger partial charge in [-0.2, -0.15) is 0 Å². The highest BCUT2D eigenvalue weighted by atomic mass is 32.1. The summed E-state index contributed by atoms with van der Waals surface area (Å²) in [5.41, 5.74) is 2.16. The number of aromatic nitrogens is 2. The Morgan fingerprint density at radius 2 is 0.917 bits per heavy atom. The predicted octanol–water partition coefficient (Wildman–Crippen LogP) is 5.10. The maximum absolute atomic E-state index is 12.3. The highest BCUT2D eigenvalue weighted by Gasteiger charge is 2.16.